The predicted octanol–water partition coefficient (Wildman–Crippen LogP) is 6.95. The number of aromatic nitrogens is 3. The van der Waals surface area contributed by atoms with E-state index in [1.807, 2.05) is 60.2 Å². The maximum absolute atomic E-state index is 13.0. The van der Waals surface area contributed by atoms with Crippen molar-refractivity contribution in [2.75, 3.05) is 7.05 Å². The molecule has 2 aromatic heterocycles. The summed E-state index contributed by atoms with van der Waals surface area (Å²) in [6, 6.07) is 16.1. The van der Waals surface area contributed by atoms with Crippen molar-refractivity contribution >= 4 is 23.4 Å². The normalized spacial score (nSPS) is 16.4. The fourth-order valence-corrected chi connectivity index (χ4v) is 5.13. The molecule has 0 fully saturated rings. The van der Waals surface area contributed by atoms with E-state index in [-0.39, 0.29) is 23.3 Å². The lowest BCUT2D eigenvalue weighted by atomic mass is 9.91. The van der Waals surface area contributed by atoms with E-state index in [9.17, 15) is 22.8 Å². The number of carbonyl (C=O) groups excluding carboxylic acids is 2. The molecule has 2 aromatic carbocycles. The zero-order valence-corrected chi connectivity index (χ0v) is 24.7. The summed E-state index contributed by atoms with van der Waals surface area (Å²) in [4.78, 5) is 28.6. The Labute approximate surface area is 257 Å². The van der Waals surface area contributed by atoms with Gasteiger partial charge in [-0.25, -0.2) is 0 Å². The highest BCUT2D eigenvalue weighted by molar-refractivity contribution is 6.33. The van der Waals surface area contributed by atoms with Gasteiger partial charge in [0.05, 0.1) is 33.1 Å². The van der Waals surface area contributed by atoms with Gasteiger partial charge in [0.15, 0.2) is 0 Å². The monoisotopic (exact) mass is 619 g/mol. The summed E-state index contributed by atoms with van der Waals surface area (Å²) < 4.78 is 40.9. The van der Waals surface area contributed by atoms with Crippen molar-refractivity contribution in [3.63, 3.8) is 0 Å². The molecule has 1 atom stereocenters. The van der Waals surface area contributed by atoms with Crippen molar-refractivity contribution in [3.05, 3.63) is 119 Å². The van der Waals surface area contributed by atoms with Crippen molar-refractivity contribution < 1.29 is 22.8 Å². The number of nitrogens with one attached hydrogen (secondary N) is 2. The number of aryl methyl sites for hydroxylation is 1. The van der Waals surface area contributed by atoms with Crippen LogP contribution in [-0.2, 0) is 22.9 Å². The zero-order valence-electron chi connectivity index (χ0n) is 24.0. The second kappa shape index (κ2) is 12.5. The number of benzene rings is 2. The van der Waals surface area contributed by atoms with Gasteiger partial charge in [-0.05, 0) is 60.4 Å². The van der Waals surface area contributed by atoms with Gasteiger partial charge in [-0.3, -0.25) is 19.3 Å². The van der Waals surface area contributed by atoms with Gasteiger partial charge in [-0.2, -0.15) is 18.3 Å². The maximum atomic E-state index is 13.0. The molecule has 0 aliphatic heterocycles. The first-order chi connectivity index (χ1) is 21.0. The lowest BCUT2D eigenvalue weighted by Gasteiger charge is -2.30. The second-order valence-electron chi connectivity index (χ2n) is 10.6. The third-order valence-electron chi connectivity index (χ3n) is 7.49. The smallest absolute Gasteiger partial charge is 0.359 e. The fourth-order valence-electron chi connectivity index (χ4n) is 4.93. The van der Waals surface area contributed by atoms with Crippen LogP contribution < -0.4 is 10.6 Å². The summed E-state index contributed by atoms with van der Waals surface area (Å²) in [7, 11) is 1.59. The van der Waals surface area contributed by atoms with Gasteiger partial charge in [0.2, 0.25) is 5.91 Å². The van der Waals surface area contributed by atoms with Gasteiger partial charge in [0.1, 0.15) is 0 Å². The molecule has 11 heteroatoms. The number of rotatable bonds is 8. The summed E-state index contributed by atoms with van der Waals surface area (Å²) in [5.41, 5.74) is 3.48. The van der Waals surface area contributed by atoms with E-state index in [1.165, 1.54) is 24.5 Å². The first-order valence-electron chi connectivity index (χ1n) is 13.9. The lowest BCUT2D eigenvalue weighted by molar-refractivity contribution is -0.137. The molecule has 0 radical (unpaired) electrons. The lowest BCUT2D eigenvalue weighted by Crippen LogP contribution is -2.33. The first-order valence-corrected chi connectivity index (χ1v) is 14.2. The standard InChI is InChI=1S/C33H29ClF3N5O2/c1-32(16-13-25(14-17-32)40-31(44)27-15-18-39-20-28(27)34)42-29(19-26(41-42)11-12-30(43)38-2)23-5-3-21(4-6-23)22-7-9-24(10-8-22)33(35,36)37/h3-10,13-16,18-20H,11-12,17H2,1-2H3,(H,38,43)(H,40,44). The Bertz CT molecular complexity index is 1740. The summed E-state index contributed by atoms with van der Waals surface area (Å²) in [6.45, 7) is 2.02. The van der Waals surface area contributed by atoms with Gasteiger partial charge in [-0.15, -0.1) is 0 Å². The van der Waals surface area contributed by atoms with Crippen LogP contribution in [0.1, 0.15) is 41.4 Å². The van der Waals surface area contributed by atoms with Gasteiger partial charge in [-0.1, -0.05) is 60.2 Å². The predicted molar refractivity (Wildman–Crippen MR) is 163 cm³/mol. The van der Waals surface area contributed by atoms with Gasteiger partial charge >= 0.3 is 6.18 Å². The minimum Gasteiger partial charge on any atom is -0.359 e. The van der Waals surface area contributed by atoms with Crippen LogP contribution in [-0.4, -0.2) is 33.6 Å². The second-order valence-corrected chi connectivity index (χ2v) is 11.0. The van der Waals surface area contributed by atoms with Crippen LogP contribution in [0.25, 0.3) is 22.4 Å². The van der Waals surface area contributed by atoms with E-state index in [0.717, 1.165) is 34.6 Å². The highest BCUT2D eigenvalue weighted by Crippen LogP contribution is 2.35. The van der Waals surface area contributed by atoms with Crippen LogP contribution in [0.3, 0.4) is 0 Å². The summed E-state index contributed by atoms with van der Waals surface area (Å²) in [5, 5.41) is 10.6. The largest absolute Gasteiger partial charge is 0.416 e. The fraction of sp³-hybridized carbons (Fsp3) is 0.212. The number of hydrogen-bond acceptors (Lipinski definition) is 4. The molecule has 7 nitrogen and oxygen atoms in total. The molecule has 0 saturated carbocycles. The summed E-state index contributed by atoms with van der Waals surface area (Å²) in [5.74, 6) is -0.440. The minimum absolute atomic E-state index is 0.0941. The molecular formula is C33H29ClF3N5O2. The zero-order chi connectivity index (χ0) is 31.5. The molecule has 2 heterocycles. The topological polar surface area (TPSA) is 88.9 Å². The number of hydrogen-bond donors (Lipinski definition) is 2. The Morgan fingerprint density at radius 2 is 1.68 bits per heavy atom. The van der Waals surface area contributed by atoms with Crippen molar-refractivity contribution in [3.8, 4) is 22.4 Å². The Balaban J connectivity index is 1.41. The Hall–Kier alpha value is -4.70. The molecule has 2 N–H and O–H groups in total. The van der Waals surface area contributed by atoms with Crippen LogP contribution in [0, 0.1) is 0 Å². The first kappa shape index (κ1) is 30.7. The van der Waals surface area contributed by atoms with E-state index in [4.69, 9.17) is 16.7 Å². The summed E-state index contributed by atoms with van der Waals surface area (Å²) >= 11 is 6.12. The Morgan fingerprint density at radius 3 is 2.27 bits per heavy atom. The summed E-state index contributed by atoms with van der Waals surface area (Å²) in [6.07, 6.45) is 5.44. The number of halogens is 4. The Kier molecular flexibility index (Phi) is 8.73. The molecule has 5 rings (SSSR count). The van der Waals surface area contributed by atoms with Gasteiger partial charge in [0.25, 0.3) is 5.91 Å². The molecule has 44 heavy (non-hydrogen) atoms. The maximum Gasteiger partial charge on any atom is 0.416 e. The van der Waals surface area contributed by atoms with Crippen molar-refractivity contribution in [1.29, 1.82) is 0 Å². The number of carbonyl (C=O) groups is 2. The van der Waals surface area contributed by atoms with Crippen molar-refractivity contribution in [2.45, 2.75) is 37.9 Å². The third kappa shape index (κ3) is 6.75. The number of allylic oxidation sites excluding steroid dienone is 3. The van der Waals surface area contributed by atoms with Gasteiger partial charge in [0, 0.05) is 38.0 Å². The van der Waals surface area contributed by atoms with Crippen LogP contribution in [0.15, 0.2) is 97.0 Å². The Morgan fingerprint density at radius 1 is 1.02 bits per heavy atom. The minimum atomic E-state index is -4.39. The van der Waals surface area contributed by atoms with Crippen LogP contribution in [0.5, 0.6) is 0 Å². The molecular weight excluding hydrogens is 591 g/mol. The molecule has 2 amide bonds. The molecule has 226 valence electrons. The molecule has 0 spiro atoms. The molecule has 1 aliphatic rings. The quantitative estimate of drug-likeness (QED) is 0.223. The molecule has 1 aliphatic carbocycles. The number of pyridine rings is 1. The van der Waals surface area contributed by atoms with E-state index < -0.39 is 17.3 Å². The van der Waals surface area contributed by atoms with Gasteiger partial charge < -0.3 is 10.6 Å². The van der Waals surface area contributed by atoms with E-state index >= 15 is 0 Å². The number of amides is 2. The van der Waals surface area contributed by atoms with Crippen LogP contribution in [0.2, 0.25) is 5.02 Å². The van der Waals surface area contributed by atoms with Crippen LogP contribution in [0.4, 0.5) is 13.2 Å². The molecule has 0 saturated heterocycles. The molecule has 1 unspecified atom stereocenters. The average molecular weight is 620 g/mol. The van der Waals surface area contributed by atoms with E-state index in [0.29, 0.717) is 29.7 Å². The SMILES string of the molecule is CNC(=O)CCc1cc(-c2ccc(-c3ccc(C(F)(F)F)cc3)cc2)n(C2(C)C=CC(NC(=O)c3ccncc3Cl)=CC2)n1. The van der Waals surface area contributed by atoms with E-state index in [2.05, 4.69) is 15.6 Å². The number of alkyl halides is 3. The van der Waals surface area contributed by atoms with Crippen molar-refractivity contribution in [1.82, 2.24) is 25.4 Å². The average Bonchev–Trinajstić information content (AvgIpc) is 3.46. The van der Waals surface area contributed by atoms with E-state index in [1.54, 1.807) is 13.1 Å². The molecule has 4 aromatic rings. The molecule has 0 bridgehead atoms. The highest BCUT2D eigenvalue weighted by atomic mass is 35.5. The van der Waals surface area contributed by atoms with Crippen LogP contribution >= 0.6 is 11.6 Å². The number of nitrogens with zero attached hydrogens (tertiary/aromatic N) is 3. The van der Waals surface area contributed by atoms with Crippen molar-refractivity contribution in [2.24, 2.45) is 0 Å². The highest BCUT2D eigenvalue weighted by Gasteiger charge is 2.31. The third-order valence-corrected chi connectivity index (χ3v) is 7.79.